The zero-order chi connectivity index (χ0) is 27.6. The van der Waals surface area contributed by atoms with Crippen LogP contribution in [0.2, 0.25) is 10.0 Å². The second-order valence-electron chi connectivity index (χ2n) is 9.27. The van der Waals surface area contributed by atoms with Crippen LogP contribution in [0.5, 0.6) is 5.75 Å². The molecule has 4 aromatic rings. The quantitative estimate of drug-likeness (QED) is 0.237. The van der Waals surface area contributed by atoms with Gasteiger partial charge in [-0.3, -0.25) is 0 Å². The zero-order valence-electron chi connectivity index (χ0n) is 21.4. The number of anilines is 1. The Kier molecular flexibility index (Phi) is 8.23. The summed E-state index contributed by atoms with van der Waals surface area (Å²) in [5.41, 5.74) is 4.05. The first-order valence-corrected chi connectivity index (χ1v) is 12.7. The van der Waals surface area contributed by atoms with Crippen LogP contribution in [0, 0.1) is 12.7 Å². The molecule has 0 atom stereocenters. The standard InChI is InChI=1S/C28H27Cl2FN4O3/c1-16(2)26-25(35(33-32-26)27-21(29)6-5-7-22(27)30)15-38-19-9-11-24(23(31)13-19)34(4)14-18-8-10-20(28(36)37)17(3)12-18/h5-13,16H,14-15H2,1-4H3,(H,36,37). The Bertz CT molecular complexity index is 1470. The highest BCUT2D eigenvalue weighted by molar-refractivity contribution is 6.37. The molecule has 0 amide bonds. The number of carbonyl (C=O) groups is 1. The monoisotopic (exact) mass is 556 g/mol. The number of halogens is 3. The van der Waals surface area contributed by atoms with E-state index in [1.807, 2.05) is 13.8 Å². The molecule has 4 rings (SSSR count). The summed E-state index contributed by atoms with van der Waals surface area (Å²) in [5.74, 6) is -1.02. The van der Waals surface area contributed by atoms with Crippen molar-refractivity contribution >= 4 is 34.9 Å². The van der Waals surface area contributed by atoms with Crippen LogP contribution in [0.3, 0.4) is 0 Å². The summed E-state index contributed by atoms with van der Waals surface area (Å²) >= 11 is 12.8. The SMILES string of the molecule is Cc1cc(CN(C)c2ccc(OCc3c(C(C)C)nnn3-c3c(Cl)cccc3Cl)cc2F)ccc1C(=O)O. The maximum absolute atomic E-state index is 15.1. The molecule has 10 heteroatoms. The molecule has 0 radical (unpaired) electrons. The minimum absolute atomic E-state index is 0.0598. The van der Waals surface area contributed by atoms with Gasteiger partial charge in [-0.15, -0.1) is 5.10 Å². The average Bonchev–Trinajstić information content (AvgIpc) is 3.26. The Morgan fingerprint density at radius 2 is 1.84 bits per heavy atom. The summed E-state index contributed by atoms with van der Waals surface area (Å²) in [4.78, 5) is 13.0. The average molecular weight is 557 g/mol. The number of rotatable bonds is 9. The molecule has 0 aliphatic heterocycles. The number of carboxylic acid groups (broad SMARTS) is 1. The van der Waals surface area contributed by atoms with Gasteiger partial charge in [0.25, 0.3) is 0 Å². The van der Waals surface area contributed by atoms with E-state index in [-0.39, 0.29) is 18.1 Å². The number of aryl methyl sites for hydroxylation is 1. The number of aromatic carboxylic acids is 1. The lowest BCUT2D eigenvalue weighted by molar-refractivity contribution is 0.0696. The highest BCUT2D eigenvalue weighted by Crippen LogP contribution is 2.32. The van der Waals surface area contributed by atoms with Crippen LogP contribution in [0.1, 0.15) is 52.6 Å². The second kappa shape index (κ2) is 11.4. The van der Waals surface area contributed by atoms with Gasteiger partial charge in [-0.25, -0.2) is 13.9 Å². The van der Waals surface area contributed by atoms with Crippen LogP contribution in [-0.2, 0) is 13.2 Å². The first-order valence-electron chi connectivity index (χ1n) is 11.9. The Labute approximate surface area is 230 Å². The van der Waals surface area contributed by atoms with E-state index in [0.717, 1.165) is 11.3 Å². The summed E-state index contributed by atoms with van der Waals surface area (Å²) in [7, 11) is 1.77. The molecular formula is C28H27Cl2FN4O3. The van der Waals surface area contributed by atoms with E-state index >= 15 is 4.39 Å². The van der Waals surface area contributed by atoms with Gasteiger partial charge in [0, 0.05) is 19.7 Å². The highest BCUT2D eigenvalue weighted by Gasteiger charge is 2.21. The Morgan fingerprint density at radius 1 is 1.13 bits per heavy atom. The Hall–Kier alpha value is -3.62. The lowest BCUT2D eigenvalue weighted by Gasteiger charge is -2.21. The highest BCUT2D eigenvalue weighted by atomic mass is 35.5. The molecule has 0 spiro atoms. The minimum Gasteiger partial charge on any atom is -0.487 e. The molecule has 0 bridgehead atoms. The number of benzene rings is 3. The molecule has 0 aliphatic carbocycles. The van der Waals surface area contributed by atoms with E-state index in [2.05, 4.69) is 10.3 Å². The van der Waals surface area contributed by atoms with E-state index < -0.39 is 11.8 Å². The number of para-hydroxylation sites is 1. The number of nitrogens with zero attached hydrogens (tertiary/aromatic N) is 4. The van der Waals surface area contributed by atoms with Crippen molar-refractivity contribution in [2.75, 3.05) is 11.9 Å². The molecule has 1 aromatic heterocycles. The third kappa shape index (κ3) is 5.76. The predicted molar refractivity (Wildman–Crippen MR) is 146 cm³/mol. The smallest absolute Gasteiger partial charge is 0.335 e. The summed E-state index contributed by atoms with van der Waals surface area (Å²) in [6.07, 6.45) is 0. The van der Waals surface area contributed by atoms with Gasteiger partial charge < -0.3 is 14.7 Å². The van der Waals surface area contributed by atoms with Crippen molar-refractivity contribution in [3.63, 3.8) is 0 Å². The third-order valence-corrected chi connectivity index (χ3v) is 6.75. The summed E-state index contributed by atoms with van der Waals surface area (Å²) in [6, 6.07) is 14.9. The molecule has 7 nitrogen and oxygen atoms in total. The summed E-state index contributed by atoms with van der Waals surface area (Å²) in [5, 5.41) is 18.6. The first-order chi connectivity index (χ1) is 18.1. The van der Waals surface area contributed by atoms with Crippen molar-refractivity contribution in [2.45, 2.75) is 39.8 Å². The number of hydrogen-bond acceptors (Lipinski definition) is 5. The molecule has 1 heterocycles. The number of ether oxygens (including phenoxy) is 1. The second-order valence-corrected chi connectivity index (χ2v) is 10.1. The zero-order valence-corrected chi connectivity index (χ0v) is 22.9. The summed E-state index contributed by atoms with van der Waals surface area (Å²) in [6.45, 7) is 6.20. The number of aromatic nitrogens is 3. The Balaban J connectivity index is 1.53. The van der Waals surface area contributed by atoms with Crippen LogP contribution in [-0.4, -0.2) is 33.1 Å². The molecule has 0 aliphatic rings. The van der Waals surface area contributed by atoms with E-state index in [1.165, 1.54) is 6.07 Å². The molecule has 38 heavy (non-hydrogen) atoms. The Morgan fingerprint density at radius 3 is 2.45 bits per heavy atom. The van der Waals surface area contributed by atoms with Crippen molar-refractivity contribution in [2.24, 2.45) is 0 Å². The van der Waals surface area contributed by atoms with Crippen LogP contribution in [0.4, 0.5) is 10.1 Å². The minimum atomic E-state index is -0.974. The van der Waals surface area contributed by atoms with Crippen molar-refractivity contribution in [1.29, 1.82) is 0 Å². The first kappa shape index (κ1) is 27.4. The maximum atomic E-state index is 15.1. The lowest BCUT2D eigenvalue weighted by atomic mass is 10.0. The fraction of sp³-hybridized carbons (Fsp3) is 0.250. The largest absolute Gasteiger partial charge is 0.487 e. The topological polar surface area (TPSA) is 80.5 Å². The van der Waals surface area contributed by atoms with E-state index in [0.29, 0.717) is 45.0 Å². The molecule has 0 saturated heterocycles. The van der Waals surface area contributed by atoms with Gasteiger partial charge in [-0.05, 0) is 54.3 Å². The normalized spacial score (nSPS) is 11.2. The van der Waals surface area contributed by atoms with Crippen LogP contribution < -0.4 is 9.64 Å². The number of carboxylic acids is 1. The van der Waals surface area contributed by atoms with Crippen LogP contribution in [0.15, 0.2) is 54.6 Å². The fourth-order valence-electron chi connectivity index (χ4n) is 4.23. The van der Waals surface area contributed by atoms with E-state index in [1.54, 1.807) is 72.1 Å². The van der Waals surface area contributed by atoms with Crippen molar-refractivity contribution in [3.8, 4) is 11.4 Å². The molecule has 0 saturated carbocycles. The van der Waals surface area contributed by atoms with Gasteiger partial charge in [0.05, 0.1) is 27.0 Å². The van der Waals surface area contributed by atoms with E-state index in [9.17, 15) is 9.90 Å². The molecule has 0 fully saturated rings. The third-order valence-electron chi connectivity index (χ3n) is 6.14. The maximum Gasteiger partial charge on any atom is 0.335 e. The fourth-order valence-corrected chi connectivity index (χ4v) is 4.79. The molecular weight excluding hydrogens is 530 g/mol. The molecule has 0 unspecified atom stereocenters. The van der Waals surface area contributed by atoms with Crippen LogP contribution in [0.25, 0.3) is 5.69 Å². The van der Waals surface area contributed by atoms with Crippen molar-refractivity contribution in [3.05, 3.63) is 98.5 Å². The molecule has 3 aromatic carbocycles. The van der Waals surface area contributed by atoms with Crippen molar-refractivity contribution in [1.82, 2.24) is 15.0 Å². The van der Waals surface area contributed by atoms with Crippen LogP contribution >= 0.6 is 23.2 Å². The van der Waals surface area contributed by atoms with Gasteiger partial charge >= 0.3 is 5.97 Å². The van der Waals surface area contributed by atoms with Gasteiger partial charge in [-0.1, -0.05) is 60.5 Å². The van der Waals surface area contributed by atoms with Gasteiger partial charge in [0.2, 0.25) is 0 Å². The van der Waals surface area contributed by atoms with Gasteiger partial charge in [0.15, 0.2) is 0 Å². The number of hydrogen-bond donors (Lipinski definition) is 1. The lowest BCUT2D eigenvalue weighted by Crippen LogP contribution is -2.18. The predicted octanol–water partition coefficient (Wildman–Crippen LogP) is 7.06. The summed E-state index contributed by atoms with van der Waals surface area (Å²) < 4.78 is 22.6. The van der Waals surface area contributed by atoms with Crippen molar-refractivity contribution < 1.29 is 19.0 Å². The molecule has 198 valence electrons. The van der Waals surface area contributed by atoms with Gasteiger partial charge in [0.1, 0.15) is 29.6 Å². The van der Waals surface area contributed by atoms with E-state index in [4.69, 9.17) is 27.9 Å². The van der Waals surface area contributed by atoms with Gasteiger partial charge in [-0.2, -0.15) is 0 Å². The molecule has 1 N–H and O–H groups in total.